The molecular formula is C11H10O2. The Morgan fingerprint density at radius 3 is 2.77 bits per heavy atom. The molecule has 2 aromatic carbocycles. The Labute approximate surface area is 76.4 Å². The van der Waals surface area contributed by atoms with Crippen LogP contribution in [0.5, 0.6) is 11.5 Å². The minimum Gasteiger partial charge on any atom is -0.507 e. The Hall–Kier alpha value is -1.70. The Bertz CT molecular complexity index is 435. The summed E-state index contributed by atoms with van der Waals surface area (Å²) in [6.07, 6.45) is 0. The molecule has 0 saturated carbocycles. The minimum atomic E-state index is 0.306. The summed E-state index contributed by atoms with van der Waals surface area (Å²) in [6, 6.07) is 11.0. The Morgan fingerprint density at radius 2 is 2.00 bits per heavy atom. The maximum Gasteiger partial charge on any atom is 0.123 e. The number of fused-ring (bicyclic) bond motifs is 1. The molecule has 0 aliphatic heterocycles. The van der Waals surface area contributed by atoms with E-state index in [1.54, 1.807) is 13.2 Å². The third-order valence-electron chi connectivity index (χ3n) is 2.06. The van der Waals surface area contributed by atoms with E-state index in [4.69, 9.17) is 4.74 Å². The predicted octanol–water partition coefficient (Wildman–Crippen LogP) is 2.55. The number of phenolic OH excluding ortho intramolecular Hbond substituents is 1. The highest BCUT2D eigenvalue weighted by Crippen LogP contribution is 2.27. The molecule has 13 heavy (non-hydrogen) atoms. The summed E-state index contributed by atoms with van der Waals surface area (Å²) in [5.74, 6) is 1.11. The molecule has 0 radical (unpaired) electrons. The number of hydrogen-bond acceptors (Lipinski definition) is 2. The van der Waals surface area contributed by atoms with E-state index < -0.39 is 0 Å². The number of hydrogen-bond donors (Lipinski definition) is 1. The summed E-state index contributed by atoms with van der Waals surface area (Å²) >= 11 is 0. The number of phenols is 1. The molecule has 0 aromatic heterocycles. The lowest BCUT2D eigenvalue weighted by Gasteiger charge is -2.03. The summed E-state index contributed by atoms with van der Waals surface area (Å²) in [6.45, 7) is 0. The normalized spacial score (nSPS) is 10.2. The number of benzene rings is 2. The van der Waals surface area contributed by atoms with Gasteiger partial charge in [0, 0.05) is 5.39 Å². The van der Waals surface area contributed by atoms with Gasteiger partial charge in [-0.05, 0) is 29.7 Å². The fraction of sp³-hybridized carbons (Fsp3) is 0.0909. The van der Waals surface area contributed by atoms with Gasteiger partial charge in [-0.25, -0.2) is 0 Å². The third kappa shape index (κ3) is 1.31. The van der Waals surface area contributed by atoms with Crippen LogP contribution in [-0.2, 0) is 0 Å². The number of aromatic hydroxyl groups is 1. The van der Waals surface area contributed by atoms with Gasteiger partial charge in [0.1, 0.15) is 11.5 Å². The average Bonchev–Trinajstić information content (AvgIpc) is 2.18. The number of rotatable bonds is 1. The van der Waals surface area contributed by atoms with Crippen molar-refractivity contribution in [2.24, 2.45) is 0 Å². The lowest BCUT2D eigenvalue weighted by Crippen LogP contribution is -1.82. The van der Waals surface area contributed by atoms with E-state index in [9.17, 15) is 5.11 Å². The van der Waals surface area contributed by atoms with Crippen LogP contribution in [0.1, 0.15) is 0 Å². The maximum absolute atomic E-state index is 9.49. The first-order chi connectivity index (χ1) is 6.31. The van der Waals surface area contributed by atoms with Crippen molar-refractivity contribution in [3.63, 3.8) is 0 Å². The van der Waals surface area contributed by atoms with E-state index in [1.807, 2.05) is 30.3 Å². The summed E-state index contributed by atoms with van der Waals surface area (Å²) in [5.41, 5.74) is 0. The first-order valence-corrected chi connectivity index (χ1v) is 4.07. The van der Waals surface area contributed by atoms with Crippen molar-refractivity contribution in [3.8, 4) is 11.5 Å². The lowest BCUT2D eigenvalue weighted by molar-refractivity contribution is 0.415. The smallest absolute Gasteiger partial charge is 0.123 e. The standard InChI is InChI=1S/C11H10O2/c1-13-9-5-6-10-8(7-9)3-2-4-11(10)12/h2-7,12H,1H3. The van der Waals surface area contributed by atoms with Gasteiger partial charge in [0.15, 0.2) is 0 Å². The second kappa shape index (κ2) is 2.98. The van der Waals surface area contributed by atoms with Gasteiger partial charge in [-0.2, -0.15) is 0 Å². The van der Waals surface area contributed by atoms with Crippen molar-refractivity contribution in [3.05, 3.63) is 36.4 Å². The van der Waals surface area contributed by atoms with Gasteiger partial charge >= 0.3 is 0 Å². The van der Waals surface area contributed by atoms with Crippen LogP contribution >= 0.6 is 0 Å². The molecule has 2 heteroatoms. The van der Waals surface area contributed by atoms with E-state index >= 15 is 0 Å². The topological polar surface area (TPSA) is 29.5 Å². The van der Waals surface area contributed by atoms with Crippen molar-refractivity contribution in [1.29, 1.82) is 0 Å². The second-order valence-corrected chi connectivity index (χ2v) is 2.86. The fourth-order valence-corrected chi connectivity index (χ4v) is 1.37. The van der Waals surface area contributed by atoms with E-state index in [1.165, 1.54) is 0 Å². The highest BCUT2D eigenvalue weighted by atomic mass is 16.5. The van der Waals surface area contributed by atoms with Gasteiger partial charge in [-0.1, -0.05) is 12.1 Å². The SMILES string of the molecule is COc1ccc2c(O)cccc2c1. The molecule has 0 aliphatic carbocycles. The second-order valence-electron chi connectivity index (χ2n) is 2.86. The van der Waals surface area contributed by atoms with Gasteiger partial charge in [-0.3, -0.25) is 0 Å². The van der Waals surface area contributed by atoms with Crippen LogP contribution in [0.2, 0.25) is 0 Å². The molecule has 0 saturated heterocycles. The molecule has 1 N–H and O–H groups in total. The zero-order valence-corrected chi connectivity index (χ0v) is 7.32. The molecule has 0 spiro atoms. The average molecular weight is 174 g/mol. The van der Waals surface area contributed by atoms with Crippen LogP contribution in [0.15, 0.2) is 36.4 Å². The predicted molar refractivity (Wildman–Crippen MR) is 52.2 cm³/mol. The molecule has 2 aromatic rings. The first kappa shape index (κ1) is 7.92. The van der Waals surface area contributed by atoms with E-state index in [0.29, 0.717) is 5.75 Å². The molecular weight excluding hydrogens is 164 g/mol. The molecule has 0 bridgehead atoms. The van der Waals surface area contributed by atoms with Gasteiger partial charge < -0.3 is 9.84 Å². The summed E-state index contributed by atoms with van der Waals surface area (Å²) in [4.78, 5) is 0. The monoisotopic (exact) mass is 174 g/mol. The van der Waals surface area contributed by atoms with E-state index in [2.05, 4.69) is 0 Å². The highest BCUT2D eigenvalue weighted by Gasteiger charge is 1.99. The van der Waals surface area contributed by atoms with Gasteiger partial charge in [0.05, 0.1) is 7.11 Å². The molecule has 0 amide bonds. The molecule has 66 valence electrons. The Kier molecular flexibility index (Phi) is 1.81. The largest absolute Gasteiger partial charge is 0.507 e. The van der Waals surface area contributed by atoms with Crippen LogP contribution < -0.4 is 4.74 Å². The Balaban J connectivity index is 2.72. The molecule has 0 atom stereocenters. The molecule has 0 fully saturated rings. The summed E-state index contributed by atoms with van der Waals surface area (Å²) in [5, 5.41) is 11.3. The molecule has 0 heterocycles. The van der Waals surface area contributed by atoms with Crippen molar-refractivity contribution in [1.82, 2.24) is 0 Å². The lowest BCUT2D eigenvalue weighted by atomic mass is 10.1. The first-order valence-electron chi connectivity index (χ1n) is 4.07. The highest BCUT2D eigenvalue weighted by molar-refractivity contribution is 5.89. The van der Waals surface area contributed by atoms with Crippen LogP contribution in [0, 0.1) is 0 Å². The maximum atomic E-state index is 9.49. The third-order valence-corrected chi connectivity index (χ3v) is 2.06. The van der Waals surface area contributed by atoms with Crippen LogP contribution in [0.3, 0.4) is 0 Å². The van der Waals surface area contributed by atoms with Gasteiger partial charge in [0.2, 0.25) is 0 Å². The van der Waals surface area contributed by atoms with Gasteiger partial charge in [-0.15, -0.1) is 0 Å². The van der Waals surface area contributed by atoms with Crippen LogP contribution in [-0.4, -0.2) is 12.2 Å². The zero-order chi connectivity index (χ0) is 9.26. The summed E-state index contributed by atoms with van der Waals surface area (Å²) in [7, 11) is 1.63. The van der Waals surface area contributed by atoms with Crippen LogP contribution in [0.25, 0.3) is 10.8 Å². The minimum absolute atomic E-state index is 0.306. The quantitative estimate of drug-likeness (QED) is 0.719. The number of ether oxygens (including phenoxy) is 1. The van der Waals surface area contributed by atoms with Crippen molar-refractivity contribution in [2.75, 3.05) is 7.11 Å². The molecule has 0 unspecified atom stereocenters. The summed E-state index contributed by atoms with van der Waals surface area (Å²) < 4.78 is 5.08. The van der Waals surface area contributed by atoms with E-state index in [-0.39, 0.29) is 0 Å². The zero-order valence-electron chi connectivity index (χ0n) is 7.32. The Morgan fingerprint density at radius 1 is 1.15 bits per heavy atom. The van der Waals surface area contributed by atoms with Gasteiger partial charge in [0.25, 0.3) is 0 Å². The number of methoxy groups -OCH3 is 1. The van der Waals surface area contributed by atoms with Crippen molar-refractivity contribution < 1.29 is 9.84 Å². The molecule has 2 rings (SSSR count). The van der Waals surface area contributed by atoms with Crippen molar-refractivity contribution in [2.45, 2.75) is 0 Å². The molecule has 0 aliphatic rings. The van der Waals surface area contributed by atoms with E-state index in [0.717, 1.165) is 16.5 Å². The fourth-order valence-electron chi connectivity index (χ4n) is 1.37. The molecule has 2 nitrogen and oxygen atoms in total. The van der Waals surface area contributed by atoms with Crippen LogP contribution in [0.4, 0.5) is 0 Å². The van der Waals surface area contributed by atoms with Crippen molar-refractivity contribution >= 4 is 10.8 Å².